The predicted octanol–water partition coefficient (Wildman–Crippen LogP) is 2.68. The Morgan fingerprint density at radius 3 is 2.34 bits per heavy atom. The van der Waals surface area contributed by atoms with Crippen molar-refractivity contribution in [2.45, 2.75) is 25.0 Å². The highest BCUT2D eigenvalue weighted by atomic mass is 16.4. The van der Waals surface area contributed by atoms with Crippen LogP contribution in [0.25, 0.3) is 21.9 Å². The van der Waals surface area contributed by atoms with E-state index in [2.05, 4.69) is 17.6 Å². The summed E-state index contributed by atoms with van der Waals surface area (Å²) in [5, 5.41) is 17.7. The fraction of sp³-hybridized carbons (Fsp3) is 0.217. The Morgan fingerprint density at radius 2 is 1.69 bits per heavy atom. The van der Waals surface area contributed by atoms with Crippen LogP contribution in [0.5, 0.6) is 0 Å². The molecule has 148 valence electrons. The lowest BCUT2D eigenvalue weighted by atomic mass is 9.92. The molecule has 0 radical (unpaired) electrons. The van der Waals surface area contributed by atoms with Crippen LogP contribution in [0.4, 0.5) is 0 Å². The third kappa shape index (κ3) is 3.60. The number of nitrogens with two attached hydrogens (primary N) is 1. The normalized spacial score (nSPS) is 21.8. The Hall–Kier alpha value is -3.22. The molecule has 1 aliphatic rings. The number of rotatable bonds is 4. The van der Waals surface area contributed by atoms with Gasteiger partial charge >= 0.3 is 5.97 Å². The van der Waals surface area contributed by atoms with Gasteiger partial charge in [0.05, 0.1) is 11.6 Å². The first kappa shape index (κ1) is 19.1. The molecule has 5 N–H and O–H groups in total. The number of aromatic carboxylic acids is 1. The summed E-state index contributed by atoms with van der Waals surface area (Å²) < 4.78 is 0. The number of fused-ring (bicyclic) bond motifs is 1. The summed E-state index contributed by atoms with van der Waals surface area (Å²) >= 11 is 0. The van der Waals surface area contributed by atoms with Crippen LogP contribution in [0.2, 0.25) is 0 Å². The first-order valence-corrected chi connectivity index (χ1v) is 9.60. The minimum Gasteiger partial charge on any atom is -0.478 e. The van der Waals surface area contributed by atoms with Crippen LogP contribution < -0.4 is 16.4 Å². The number of benzene rings is 3. The number of carboxylic acids is 1. The van der Waals surface area contributed by atoms with Gasteiger partial charge in [-0.05, 0) is 40.5 Å². The zero-order chi connectivity index (χ0) is 20.5. The van der Waals surface area contributed by atoms with Crippen LogP contribution in [-0.2, 0) is 4.79 Å². The molecule has 6 nitrogen and oxygen atoms in total. The minimum atomic E-state index is -0.933. The third-order valence-electron chi connectivity index (χ3n) is 5.60. The van der Waals surface area contributed by atoms with E-state index >= 15 is 0 Å². The number of carbonyl (C=O) groups excluding carboxylic acids is 1. The van der Waals surface area contributed by atoms with Crippen LogP contribution in [0, 0.1) is 0 Å². The standard InChI is InChI=1S/C23H23N3O3/c1-13-21(26-20(12-25-13)22(24)27)15-8-6-14(7-9-15)16-10-11-19(23(28)29)18-5-3-2-4-17(16)18/h2-11,13,20-21,25-26H,12H2,1H3,(H2,24,27)(H,28,29). The molecule has 1 aliphatic heterocycles. The lowest BCUT2D eigenvalue weighted by Gasteiger charge is -2.35. The molecule has 1 fully saturated rings. The second-order valence-electron chi connectivity index (χ2n) is 7.43. The molecule has 29 heavy (non-hydrogen) atoms. The Balaban J connectivity index is 1.69. The van der Waals surface area contributed by atoms with Crippen molar-refractivity contribution in [1.29, 1.82) is 0 Å². The Kier molecular flexibility index (Phi) is 5.05. The highest BCUT2D eigenvalue weighted by Gasteiger charge is 2.30. The van der Waals surface area contributed by atoms with Gasteiger partial charge in [0.1, 0.15) is 0 Å². The van der Waals surface area contributed by atoms with Crippen molar-refractivity contribution in [3.05, 3.63) is 71.8 Å². The summed E-state index contributed by atoms with van der Waals surface area (Å²) in [6.45, 7) is 2.59. The van der Waals surface area contributed by atoms with E-state index in [4.69, 9.17) is 5.73 Å². The average molecular weight is 389 g/mol. The zero-order valence-electron chi connectivity index (χ0n) is 16.1. The number of hydrogen-bond donors (Lipinski definition) is 4. The van der Waals surface area contributed by atoms with Crippen molar-refractivity contribution in [1.82, 2.24) is 10.6 Å². The summed E-state index contributed by atoms with van der Waals surface area (Å²) in [5.74, 6) is -1.30. The summed E-state index contributed by atoms with van der Waals surface area (Å²) in [5.41, 5.74) is 8.80. The maximum atomic E-state index is 11.6. The van der Waals surface area contributed by atoms with Crippen LogP contribution in [0.1, 0.15) is 28.9 Å². The molecular weight excluding hydrogens is 366 g/mol. The minimum absolute atomic E-state index is 0.0265. The quantitative estimate of drug-likeness (QED) is 0.549. The summed E-state index contributed by atoms with van der Waals surface area (Å²) in [6.07, 6.45) is 0. The van der Waals surface area contributed by atoms with E-state index < -0.39 is 12.0 Å². The van der Waals surface area contributed by atoms with Gasteiger partial charge in [0.15, 0.2) is 0 Å². The summed E-state index contributed by atoms with van der Waals surface area (Å²) in [6, 6.07) is 18.9. The van der Waals surface area contributed by atoms with Crippen LogP contribution in [-0.4, -0.2) is 35.6 Å². The number of carbonyl (C=O) groups is 2. The highest BCUT2D eigenvalue weighted by Crippen LogP contribution is 2.32. The van der Waals surface area contributed by atoms with Gasteiger partial charge in [-0.15, -0.1) is 0 Å². The molecule has 3 atom stereocenters. The average Bonchev–Trinajstić information content (AvgIpc) is 2.73. The fourth-order valence-corrected chi connectivity index (χ4v) is 4.02. The zero-order valence-corrected chi connectivity index (χ0v) is 16.1. The maximum absolute atomic E-state index is 11.6. The molecule has 3 aromatic carbocycles. The topological polar surface area (TPSA) is 104 Å². The van der Waals surface area contributed by atoms with Gasteiger partial charge in [-0.3, -0.25) is 10.1 Å². The molecule has 0 spiro atoms. The molecular formula is C23H23N3O3. The van der Waals surface area contributed by atoms with Crippen molar-refractivity contribution in [3.8, 4) is 11.1 Å². The van der Waals surface area contributed by atoms with Gasteiger partial charge in [0.25, 0.3) is 0 Å². The molecule has 1 heterocycles. The van der Waals surface area contributed by atoms with Crippen molar-refractivity contribution < 1.29 is 14.7 Å². The van der Waals surface area contributed by atoms with Crippen molar-refractivity contribution in [2.75, 3.05) is 6.54 Å². The Morgan fingerprint density at radius 1 is 1.00 bits per heavy atom. The van der Waals surface area contributed by atoms with Gasteiger partial charge < -0.3 is 16.2 Å². The van der Waals surface area contributed by atoms with Gasteiger partial charge in [0, 0.05) is 18.6 Å². The monoisotopic (exact) mass is 389 g/mol. The molecule has 0 bridgehead atoms. The van der Waals surface area contributed by atoms with E-state index in [1.54, 1.807) is 6.07 Å². The van der Waals surface area contributed by atoms with Crippen molar-refractivity contribution >= 4 is 22.6 Å². The first-order chi connectivity index (χ1) is 14.0. The smallest absolute Gasteiger partial charge is 0.336 e. The molecule has 4 rings (SSSR count). The van der Waals surface area contributed by atoms with Crippen molar-refractivity contribution in [2.24, 2.45) is 5.73 Å². The summed E-state index contributed by atoms with van der Waals surface area (Å²) in [4.78, 5) is 23.1. The van der Waals surface area contributed by atoms with E-state index in [-0.39, 0.29) is 18.0 Å². The Labute approximate surface area is 168 Å². The lowest BCUT2D eigenvalue weighted by molar-refractivity contribution is -0.120. The van der Waals surface area contributed by atoms with Gasteiger partial charge in [-0.1, -0.05) is 54.6 Å². The van der Waals surface area contributed by atoms with Gasteiger partial charge in [0.2, 0.25) is 5.91 Å². The van der Waals surface area contributed by atoms with Crippen molar-refractivity contribution in [3.63, 3.8) is 0 Å². The summed E-state index contributed by atoms with van der Waals surface area (Å²) in [7, 11) is 0. The lowest BCUT2D eigenvalue weighted by Crippen LogP contribution is -2.59. The van der Waals surface area contributed by atoms with E-state index in [1.807, 2.05) is 54.6 Å². The number of piperazine rings is 1. The second-order valence-corrected chi connectivity index (χ2v) is 7.43. The molecule has 0 aromatic heterocycles. The molecule has 1 amide bonds. The molecule has 3 aromatic rings. The first-order valence-electron chi connectivity index (χ1n) is 9.60. The number of nitrogens with one attached hydrogen (secondary N) is 2. The number of hydrogen-bond acceptors (Lipinski definition) is 4. The van der Waals surface area contributed by atoms with E-state index in [0.717, 1.165) is 27.5 Å². The molecule has 3 unspecified atom stereocenters. The van der Waals surface area contributed by atoms with Crippen LogP contribution in [0.3, 0.4) is 0 Å². The third-order valence-corrected chi connectivity index (χ3v) is 5.60. The Bertz CT molecular complexity index is 1080. The fourth-order valence-electron chi connectivity index (χ4n) is 4.02. The number of amides is 1. The second kappa shape index (κ2) is 7.66. The molecule has 6 heteroatoms. The molecule has 1 saturated heterocycles. The van der Waals surface area contributed by atoms with Crippen LogP contribution >= 0.6 is 0 Å². The van der Waals surface area contributed by atoms with E-state index in [9.17, 15) is 14.7 Å². The van der Waals surface area contributed by atoms with E-state index in [0.29, 0.717) is 12.1 Å². The SMILES string of the molecule is CC1NCC(C(N)=O)NC1c1ccc(-c2ccc(C(=O)O)c3ccccc23)cc1. The maximum Gasteiger partial charge on any atom is 0.336 e. The van der Waals surface area contributed by atoms with Gasteiger partial charge in [-0.2, -0.15) is 0 Å². The highest BCUT2D eigenvalue weighted by molar-refractivity contribution is 6.08. The number of primary amides is 1. The largest absolute Gasteiger partial charge is 0.478 e. The molecule has 0 aliphatic carbocycles. The van der Waals surface area contributed by atoms with E-state index in [1.165, 1.54) is 0 Å². The predicted molar refractivity (Wildman–Crippen MR) is 113 cm³/mol. The van der Waals surface area contributed by atoms with Crippen LogP contribution in [0.15, 0.2) is 60.7 Å². The van der Waals surface area contributed by atoms with Gasteiger partial charge in [-0.25, -0.2) is 4.79 Å². The molecule has 0 saturated carbocycles. The number of carboxylic acid groups (broad SMARTS) is 1.